The van der Waals surface area contributed by atoms with E-state index in [0.29, 0.717) is 6.04 Å². The lowest BCUT2D eigenvalue weighted by molar-refractivity contribution is 0.274. The van der Waals surface area contributed by atoms with E-state index in [9.17, 15) is 0 Å². The fourth-order valence-corrected chi connectivity index (χ4v) is 3.37. The number of furan rings is 1. The van der Waals surface area contributed by atoms with Gasteiger partial charge in [0.15, 0.2) is 0 Å². The summed E-state index contributed by atoms with van der Waals surface area (Å²) in [6.45, 7) is 2.38. The summed E-state index contributed by atoms with van der Waals surface area (Å²) < 4.78 is 5.55. The van der Waals surface area contributed by atoms with Crippen molar-refractivity contribution in [3.63, 3.8) is 0 Å². The minimum absolute atomic E-state index is 0.552. The van der Waals surface area contributed by atoms with Gasteiger partial charge in [0.05, 0.1) is 6.26 Å². The Morgan fingerprint density at radius 3 is 2.82 bits per heavy atom. The summed E-state index contributed by atoms with van der Waals surface area (Å²) >= 11 is 0. The van der Waals surface area contributed by atoms with Crippen LogP contribution >= 0.6 is 0 Å². The Labute approximate surface area is 104 Å². The Bertz CT molecular complexity index is 363. The van der Waals surface area contributed by atoms with Crippen LogP contribution in [0.3, 0.4) is 0 Å². The second-order valence-electron chi connectivity index (χ2n) is 5.87. The summed E-state index contributed by atoms with van der Waals surface area (Å²) in [6, 6.07) is 3.45. The maximum atomic E-state index is 5.55. The van der Waals surface area contributed by atoms with Crippen LogP contribution in [0.15, 0.2) is 16.7 Å². The largest absolute Gasteiger partial charge is 0.469 e. The molecule has 0 radical (unpaired) electrons. The first-order chi connectivity index (χ1) is 8.33. The van der Waals surface area contributed by atoms with Crippen molar-refractivity contribution >= 4 is 0 Å². The van der Waals surface area contributed by atoms with Crippen LogP contribution in [0.1, 0.15) is 62.8 Å². The zero-order valence-electron chi connectivity index (χ0n) is 10.7. The SMILES string of the molecule is CC1CCC(NC2CCCc3occc32)CC1. The van der Waals surface area contributed by atoms with E-state index in [-0.39, 0.29) is 0 Å². The van der Waals surface area contributed by atoms with Crippen molar-refractivity contribution < 1.29 is 4.42 Å². The van der Waals surface area contributed by atoms with Crippen molar-refractivity contribution in [1.82, 2.24) is 5.32 Å². The molecule has 1 aromatic rings. The lowest BCUT2D eigenvalue weighted by Gasteiger charge is -2.32. The van der Waals surface area contributed by atoms with Crippen LogP contribution in [0, 0.1) is 5.92 Å². The molecule has 1 fully saturated rings. The summed E-state index contributed by atoms with van der Waals surface area (Å²) in [5, 5.41) is 3.86. The molecule has 0 saturated heterocycles. The maximum Gasteiger partial charge on any atom is 0.108 e. The van der Waals surface area contributed by atoms with Crippen LogP contribution in [0.4, 0.5) is 0 Å². The lowest BCUT2D eigenvalue weighted by Crippen LogP contribution is -2.36. The van der Waals surface area contributed by atoms with Crippen molar-refractivity contribution in [3.05, 3.63) is 23.7 Å². The third-order valence-electron chi connectivity index (χ3n) is 4.50. The van der Waals surface area contributed by atoms with Gasteiger partial charge in [-0.05, 0) is 50.5 Å². The first kappa shape index (κ1) is 11.3. The third kappa shape index (κ3) is 2.42. The first-order valence-electron chi connectivity index (χ1n) is 7.15. The predicted molar refractivity (Wildman–Crippen MR) is 68.9 cm³/mol. The lowest BCUT2D eigenvalue weighted by atomic mass is 9.85. The number of hydrogen-bond donors (Lipinski definition) is 1. The fourth-order valence-electron chi connectivity index (χ4n) is 3.37. The summed E-state index contributed by atoms with van der Waals surface area (Å²) in [7, 11) is 0. The second-order valence-corrected chi connectivity index (χ2v) is 5.87. The van der Waals surface area contributed by atoms with Crippen LogP contribution in [0.5, 0.6) is 0 Å². The highest BCUT2D eigenvalue weighted by Gasteiger charge is 2.26. The molecule has 0 bridgehead atoms. The standard InChI is InChI=1S/C15H23NO/c1-11-5-7-12(8-6-11)16-14-3-2-4-15-13(14)9-10-17-15/h9-12,14,16H,2-8H2,1H3. The Balaban J connectivity index is 1.63. The zero-order valence-corrected chi connectivity index (χ0v) is 10.7. The van der Waals surface area contributed by atoms with E-state index in [1.54, 1.807) is 0 Å². The molecule has 0 spiro atoms. The molecule has 2 aliphatic carbocycles. The monoisotopic (exact) mass is 233 g/mol. The fraction of sp³-hybridized carbons (Fsp3) is 0.733. The molecule has 3 rings (SSSR count). The van der Waals surface area contributed by atoms with E-state index < -0.39 is 0 Å². The van der Waals surface area contributed by atoms with E-state index >= 15 is 0 Å². The van der Waals surface area contributed by atoms with Gasteiger partial charge in [-0.3, -0.25) is 0 Å². The van der Waals surface area contributed by atoms with Crippen LogP contribution in [0.25, 0.3) is 0 Å². The Kier molecular flexibility index (Phi) is 3.24. The van der Waals surface area contributed by atoms with E-state index in [4.69, 9.17) is 4.42 Å². The summed E-state index contributed by atoms with van der Waals surface area (Å²) in [4.78, 5) is 0. The Morgan fingerprint density at radius 2 is 2.00 bits per heavy atom. The van der Waals surface area contributed by atoms with E-state index in [1.807, 2.05) is 6.26 Å². The van der Waals surface area contributed by atoms with E-state index in [0.717, 1.165) is 18.4 Å². The van der Waals surface area contributed by atoms with E-state index in [1.165, 1.54) is 49.8 Å². The van der Waals surface area contributed by atoms with Gasteiger partial charge >= 0.3 is 0 Å². The Morgan fingerprint density at radius 1 is 1.18 bits per heavy atom. The van der Waals surface area contributed by atoms with Crippen molar-refractivity contribution in [1.29, 1.82) is 0 Å². The highest BCUT2D eigenvalue weighted by atomic mass is 16.3. The molecule has 2 aliphatic rings. The van der Waals surface area contributed by atoms with Crippen LogP contribution < -0.4 is 5.32 Å². The molecule has 94 valence electrons. The first-order valence-corrected chi connectivity index (χ1v) is 7.15. The van der Waals surface area contributed by atoms with Crippen molar-refractivity contribution in [2.24, 2.45) is 5.92 Å². The average molecular weight is 233 g/mol. The van der Waals surface area contributed by atoms with E-state index in [2.05, 4.69) is 18.3 Å². The normalized spacial score (nSPS) is 33.4. The van der Waals surface area contributed by atoms with Crippen LogP contribution in [-0.2, 0) is 6.42 Å². The van der Waals surface area contributed by atoms with Crippen LogP contribution in [-0.4, -0.2) is 6.04 Å². The number of nitrogens with one attached hydrogen (secondary N) is 1. The highest BCUT2D eigenvalue weighted by molar-refractivity contribution is 5.24. The van der Waals surface area contributed by atoms with Crippen molar-refractivity contribution in [3.8, 4) is 0 Å². The second kappa shape index (κ2) is 4.85. The van der Waals surface area contributed by atoms with Gasteiger partial charge in [0.2, 0.25) is 0 Å². The number of aryl methyl sites for hydroxylation is 1. The zero-order chi connectivity index (χ0) is 11.7. The van der Waals surface area contributed by atoms with Crippen molar-refractivity contribution in [2.45, 2.75) is 64.0 Å². The molecule has 1 atom stereocenters. The Hall–Kier alpha value is -0.760. The predicted octanol–water partition coefficient (Wildman–Crippen LogP) is 3.83. The van der Waals surface area contributed by atoms with Gasteiger partial charge in [0, 0.05) is 24.1 Å². The van der Waals surface area contributed by atoms with Gasteiger partial charge in [-0.1, -0.05) is 6.92 Å². The number of rotatable bonds is 2. The molecular formula is C15H23NO. The quantitative estimate of drug-likeness (QED) is 0.840. The molecule has 2 nitrogen and oxygen atoms in total. The molecule has 0 aromatic carbocycles. The molecule has 1 N–H and O–H groups in total. The van der Waals surface area contributed by atoms with Gasteiger partial charge in [-0.2, -0.15) is 0 Å². The summed E-state index contributed by atoms with van der Waals surface area (Å²) in [6.07, 6.45) is 11.0. The summed E-state index contributed by atoms with van der Waals surface area (Å²) in [5.41, 5.74) is 1.43. The molecule has 0 aliphatic heterocycles. The molecule has 17 heavy (non-hydrogen) atoms. The topological polar surface area (TPSA) is 25.2 Å². The van der Waals surface area contributed by atoms with Gasteiger partial charge < -0.3 is 9.73 Å². The number of fused-ring (bicyclic) bond motifs is 1. The smallest absolute Gasteiger partial charge is 0.108 e. The highest BCUT2D eigenvalue weighted by Crippen LogP contribution is 2.33. The molecule has 1 unspecified atom stereocenters. The molecule has 0 amide bonds. The van der Waals surface area contributed by atoms with Gasteiger partial charge in [0.25, 0.3) is 0 Å². The van der Waals surface area contributed by atoms with Crippen LogP contribution in [0.2, 0.25) is 0 Å². The third-order valence-corrected chi connectivity index (χ3v) is 4.50. The van der Waals surface area contributed by atoms with Gasteiger partial charge in [-0.15, -0.1) is 0 Å². The molecule has 1 saturated carbocycles. The maximum absolute atomic E-state index is 5.55. The minimum atomic E-state index is 0.552. The van der Waals surface area contributed by atoms with Crippen molar-refractivity contribution in [2.75, 3.05) is 0 Å². The summed E-state index contributed by atoms with van der Waals surface area (Å²) in [5.74, 6) is 2.15. The molecule has 1 aromatic heterocycles. The molecule has 2 heteroatoms. The van der Waals surface area contributed by atoms with Gasteiger partial charge in [-0.25, -0.2) is 0 Å². The number of hydrogen-bond acceptors (Lipinski definition) is 2. The average Bonchev–Trinajstić information content (AvgIpc) is 2.81. The molecular weight excluding hydrogens is 210 g/mol. The molecule has 1 heterocycles. The van der Waals surface area contributed by atoms with Gasteiger partial charge in [0.1, 0.15) is 5.76 Å². The minimum Gasteiger partial charge on any atom is -0.469 e.